The Morgan fingerprint density at radius 1 is 1.24 bits per heavy atom. The van der Waals surface area contributed by atoms with Crippen LogP contribution >= 0.6 is 0 Å². The number of carbonyl (C=O) groups is 1. The van der Waals surface area contributed by atoms with Crippen LogP contribution in [-0.4, -0.2) is 10.9 Å². The number of pyridine rings is 1. The van der Waals surface area contributed by atoms with Gasteiger partial charge in [-0.2, -0.15) is 0 Å². The molecule has 0 spiro atoms. The van der Waals surface area contributed by atoms with E-state index in [0.29, 0.717) is 18.7 Å². The predicted octanol–water partition coefficient (Wildman–Crippen LogP) is 2.83. The third-order valence-corrected chi connectivity index (χ3v) is 2.89. The zero-order valence-corrected chi connectivity index (χ0v) is 11.1. The fourth-order valence-electron chi connectivity index (χ4n) is 1.82. The molecule has 0 saturated carbocycles. The SMILES string of the molecule is CC(C)CCn1c(C(C)C)ccc(C=O)c1=O. The second-order valence-electron chi connectivity index (χ2n) is 5.13. The van der Waals surface area contributed by atoms with Gasteiger partial charge >= 0.3 is 0 Å². The lowest BCUT2D eigenvalue weighted by Crippen LogP contribution is -2.27. The average molecular weight is 235 g/mol. The number of aromatic nitrogens is 1. The summed E-state index contributed by atoms with van der Waals surface area (Å²) in [7, 11) is 0. The van der Waals surface area contributed by atoms with Crippen LogP contribution in [0.5, 0.6) is 0 Å². The zero-order valence-electron chi connectivity index (χ0n) is 11.1. The van der Waals surface area contributed by atoms with Gasteiger partial charge in [0.1, 0.15) is 0 Å². The second-order valence-corrected chi connectivity index (χ2v) is 5.13. The molecule has 0 radical (unpaired) electrons. The number of hydrogen-bond acceptors (Lipinski definition) is 2. The van der Waals surface area contributed by atoms with Gasteiger partial charge in [-0.25, -0.2) is 0 Å². The first-order valence-electron chi connectivity index (χ1n) is 6.16. The van der Waals surface area contributed by atoms with E-state index >= 15 is 0 Å². The lowest BCUT2D eigenvalue weighted by Gasteiger charge is -2.17. The fourth-order valence-corrected chi connectivity index (χ4v) is 1.82. The van der Waals surface area contributed by atoms with E-state index in [4.69, 9.17) is 0 Å². The highest BCUT2D eigenvalue weighted by molar-refractivity contribution is 5.73. The molecule has 0 saturated heterocycles. The van der Waals surface area contributed by atoms with Crippen LogP contribution < -0.4 is 5.56 Å². The van der Waals surface area contributed by atoms with Gasteiger partial charge in [-0.05, 0) is 30.4 Å². The van der Waals surface area contributed by atoms with Crippen LogP contribution in [-0.2, 0) is 6.54 Å². The minimum Gasteiger partial charge on any atom is -0.312 e. The molecule has 1 aromatic rings. The maximum Gasteiger partial charge on any atom is 0.261 e. The summed E-state index contributed by atoms with van der Waals surface area (Å²) in [6, 6.07) is 3.51. The molecule has 0 aliphatic carbocycles. The smallest absolute Gasteiger partial charge is 0.261 e. The first kappa shape index (κ1) is 13.7. The number of rotatable bonds is 5. The van der Waals surface area contributed by atoms with Crippen molar-refractivity contribution in [3.8, 4) is 0 Å². The third kappa shape index (κ3) is 3.29. The van der Waals surface area contributed by atoms with E-state index in [1.807, 2.05) is 6.07 Å². The molecule has 94 valence electrons. The second kappa shape index (κ2) is 5.80. The highest BCUT2D eigenvalue weighted by atomic mass is 16.1. The summed E-state index contributed by atoms with van der Waals surface area (Å²) < 4.78 is 1.74. The summed E-state index contributed by atoms with van der Waals surface area (Å²) in [5, 5.41) is 0. The van der Waals surface area contributed by atoms with Crippen molar-refractivity contribution in [2.75, 3.05) is 0 Å². The van der Waals surface area contributed by atoms with Gasteiger partial charge in [-0.1, -0.05) is 27.7 Å². The van der Waals surface area contributed by atoms with E-state index in [0.717, 1.165) is 12.1 Å². The van der Waals surface area contributed by atoms with Crippen LogP contribution in [0.4, 0.5) is 0 Å². The van der Waals surface area contributed by atoms with Crippen molar-refractivity contribution in [3.63, 3.8) is 0 Å². The van der Waals surface area contributed by atoms with E-state index in [2.05, 4.69) is 27.7 Å². The predicted molar refractivity (Wildman–Crippen MR) is 69.6 cm³/mol. The largest absolute Gasteiger partial charge is 0.312 e. The van der Waals surface area contributed by atoms with Gasteiger partial charge in [0.05, 0.1) is 5.56 Å². The lowest BCUT2D eigenvalue weighted by atomic mass is 10.1. The molecule has 1 heterocycles. The van der Waals surface area contributed by atoms with Crippen LogP contribution in [0.3, 0.4) is 0 Å². The minimum atomic E-state index is -0.160. The maximum atomic E-state index is 12.1. The van der Waals surface area contributed by atoms with Gasteiger partial charge in [-0.3, -0.25) is 9.59 Å². The first-order valence-corrected chi connectivity index (χ1v) is 6.16. The van der Waals surface area contributed by atoms with Gasteiger partial charge < -0.3 is 4.57 Å². The van der Waals surface area contributed by atoms with Crippen LogP contribution in [0.1, 0.15) is 56.1 Å². The molecule has 0 bridgehead atoms. The van der Waals surface area contributed by atoms with Crippen LogP contribution in [0.15, 0.2) is 16.9 Å². The molecule has 3 heteroatoms. The molecular weight excluding hydrogens is 214 g/mol. The van der Waals surface area contributed by atoms with Gasteiger partial charge in [-0.15, -0.1) is 0 Å². The van der Waals surface area contributed by atoms with Crippen LogP contribution in [0, 0.1) is 5.92 Å². The number of aldehydes is 1. The van der Waals surface area contributed by atoms with Gasteiger partial charge in [0.15, 0.2) is 6.29 Å². The Morgan fingerprint density at radius 2 is 1.88 bits per heavy atom. The molecule has 3 nitrogen and oxygen atoms in total. The van der Waals surface area contributed by atoms with Crippen molar-refractivity contribution in [1.29, 1.82) is 0 Å². The number of hydrogen-bond donors (Lipinski definition) is 0. The number of nitrogens with zero attached hydrogens (tertiary/aromatic N) is 1. The highest BCUT2D eigenvalue weighted by Gasteiger charge is 2.11. The zero-order chi connectivity index (χ0) is 13.0. The van der Waals surface area contributed by atoms with Crippen molar-refractivity contribution in [2.45, 2.75) is 46.6 Å². The quantitative estimate of drug-likeness (QED) is 0.736. The first-order chi connectivity index (χ1) is 7.97. The van der Waals surface area contributed by atoms with E-state index < -0.39 is 0 Å². The van der Waals surface area contributed by atoms with Crippen molar-refractivity contribution in [3.05, 3.63) is 33.7 Å². The Kier molecular flexibility index (Phi) is 4.67. The molecule has 1 aromatic heterocycles. The molecule has 0 fully saturated rings. The monoisotopic (exact) mass is 235 g/mol. The van der Waals surface area contributed by atoms with E-state index in [-0.39, 0.29) is 17.0 Å². The Bertz CT molecular complexity index is 444. The lowest BCUT2D eigenvalue weighted by molar-refractivity contribution is 0.112. The van der Waals surface area contributed by atoms with E-state index in [1.165, 1.54) is 0 Å². The standard InChI is InChI=1S/C14H21NO2/c1-10(2)7-8-15-13(11(3)4)6-5-12(9-16)14(15)17/h5-6,9-11H,7-8H2,1-4H3. The molecule has 1 rings (SSSR count). The molecule has 0 aliphatic rings. The topological polar surface area (TPSA) is 39.1 Å². The van der Waals surface area contributed by atoms with E-state index in [9.17, 15) is 9.59 Å². The van der Waals surface area contributed by atoms with Crippen molar-refractivity contribution in [2.24, 2.45) is 5.92 Å². The average Bonchev–Trinajstić information content (AvgIpc) is 2.26. The highest BCUT2D eigenvalue weighted by Crippen LogP contribution is 2.14. The van der Waals surface area contributed by atoms with Gasteiger partial charge in [0, 0.05) is 12.2 Å². The number of carbonyl (C=O) groups excluding carboxylic acids is 1. The summed E-state index contributed by atoms with van der Waals surface area (Å²) >= 11 is 0. The van der Waals surface area contributed by atoms with Crippen molar-refractivity contribution < 1.29 is 4.79 Å². The summed E-state index contributed by atoms with van der Waals surface area (Å²) in [6.45, 7) is 9.06. The van der Waals surface area contributed by atoms with Gasteiger partial charge in [0.2, 0.25) is 0 Å². The molecule has 0 amide bonds. The van der Waals surface area contributed by atoms with Crippen LogP contribution in [0.25, 0.3) is 0 Å². The Balaban J connectivity index is 3.20. The molecular formula is C14H21NO2. The molecule has 0 unspecified atom stereocenters. The minimum absolute atomic E-state index is 0.160. The Morgan fingerprint density at radius 3 is 2.35 bits per heavy atom. The van der Waals surface area contributed by atoms with Crippen LogP contribution in [0.2, 0.25) is 0 Å². The normalized spacial score (nSPS) is 11.2. The molecule has 0 atom stereocenters. The molecule has 0 N–H and O–H groups in total. The Hall–Kier alpha value is -1.38. The molecule has 0 aliphatic heterocycles. The molecule has 0 aromatic carbocycles. The fraction of sp³-hybridized carbons (Fsp3) is 0.571. The summed E-state index contributed by atoms with van der Waals surface area (Å²) in [6.07, 6.45) is 1.58. The molecule has 17 heavy (non-hydrogen) atoms. The van der Waals surface area contributed by atoms with E-state index in [1.54, 1.807) is 10.6 Å². The third-order valence-electron chi connectivity index (χ3n) is 2.89. The van der Waals surface area contributed by atoms with Crippen molar-refractivity contribution in [1.82, 2.24) is 4.57 Å². The maximum absolute atomic E-state index is 12.1. The summed E-state index contributed by atoms with van der Waals surface area (Å²) in [4.78, 5) is 22.9. The summed E-state index contributed by atoms with van der Waals surface area (Å²) in [5.41, 5.74) is 1.09. The Labute approximate surface area is 102 Å². The van der Waals surface area contributed by atoms with Gasteiger partial charge in [0.25, 0.3) is 5.56 Å². The summed E-state index contributed by atoms with van der Waals surface area (Å²) in [5.74, 6) is 0.831. The van der Waals surface area contributed by atoms with Crippen molar-refractivity contribution >= 4 is 6.29 Å².